The first-order valence-corrected chi connectivity index (χ1v) is 6.81. The number of carboxylic acids is 1. The monoisotopic (exact) mass is 278 g/mol. The van der Waals surface area contributed by atoms with Crippen LogP contribution in [0.15, 0.2) is 24.3 Å². The molecule has 0 saturated carbocycles. The van der Waals surface area contributed by atoms with Crippen LogP contribution in [0.2, 0.25) is 0 Å². The van der Waals surface area contributed by atoms with Gasteiger partial charge in [0.1, 0.15) is 6.54 Å². The second kappa shape index (κ2) is 7.53. The van der Waals surface area contributed by atoms with Crippen LogP contribution in [0.25, 0.3) is 0 Å². The lowest BCUT2D eigenvalue weighted by atomic mass is 10.0. The molecule has 0 radical (unpaired) electrons. The van der Waals surface area contributed by atoms with E-state index < -0.39 is 5.97 Å². The molecule has 0 spiro atoms. The van der Waals surface area contributed by atoms with Crippen LogP contribution in [0.1, 0.15) is 38.7 Å². The second-order valence-electron chi connectivity index (χ2n) is 5.03. The molecular weight excluding hydrogens is 256 g/mol. The summed E-state index contributed by atoms with van der Waals surface area (Å²) in [5.74, 6) is -0.637. The van der Waals surface area contributed by atoms with Crippen LogP contribution in [0.5, 0.6) is 0 Å². The number of anilines is 1. The van der Waals surface area contributed by atoms with Crippen molar-refractivity contribution in [3.05, 3.63) is 29.8 Å². The molecule has 0 saturated heterocycles. The van der Waals surface area contributed by atoms with E-state index in [0.717, 1.165) is 5.56 Å². The highest BCUT2D eigenvalue weighted by atomic mass is 16.4. The van der Waals surface area contributed by atoms with E-state index in [4.69, 9.17) is 5.11 Å². The normalized spacial score (nSPS) is 10.4. The van der Waals surface area contributed by atoms with E-state index in [9.17, 15) is 9.59 Å². The summed E-state index contributed by atoms with van der Waals surface area (Å²) in [4.78, 5) is 24.1. The maximum Gasteiger partial charge on any atom is 0.323 e. The smallest absolute Gasteiger partial charge is 0.323 e. The van der Waals surface area contributed by atoms with E-state index >= 15 is 0 Å². The van der Waals surface area contributed by atoms with E-state index in [1.165, 1.54) is 4.90 Å². The second-order valence-corrected chi connectivity index (χ2v) is 5.03. The summed E-state index contributed by atoms with van der Waals surface area (Å²) < 4.78 is 0. The molecule has 1 aromatic carbocycles. The molecule has 0 atom stereocenters. The number of carboxylic acid groups (broad SMARTS) is 1. The molecule has 2 amide bonds. The molecule has 0 aromatic heterocycles. The fourth-order valence-electron chi connectivity index (χ4n) is 1.86. The number of hydrogen-bond acceptors (Lipinski definition) is 2. The minimum Gasteiger partial charge on any atom is -0.480 e. The number of rotatable bonds is 6. The van der Waals surface area contributed by atoms with Gasteiger partial charge in [0.25, 0.3) is 0 Å². The van der Waals surface area contributed by atoms with Crippen LogP contribution in [0.3, 0.4) is 0 Å². The van der Waals surface area contributed by atoms with Crippen molar-refractivity contribution in [1.82, 2.24) is 4.90 Å². The van der Waals surface area contributed by atoms with Gasteiger partial charge in [-0.1, -0.05) is 32.9 Å². The average Bonchev–Trinajstić information content (AvgIpc) is 2.38. The molecule has 0 heterocycles. The number of urea groups is 1. The lowest BCUT2D eigenvalue weighted by Crippen LogP contribution is -2.39. The summed E-state index contributed by atoms with van der Waals surface area (Å²) in [6, 6.07) is 7.21. The standard InChI is InChI=1S/C15H22N2O3/c1-4-8-17(10-14(18)19)15(20)16-13-7-5-6-12(9-13)11(2)3/h5-7,9,11H,4,8,10H2,1-3H3,(H,16,20)(H,18,19). The molecule has 0 aliphatic rings. The van der Waals surface area contributed by atoms with Gasteiger partial charge in [0.05, 0.1) is 0 Å². The van der Waals surface area contributed by atoms with Crippen LogP contribution in [0, 0.1) is 0 Å². The number of amides is 2. The highest BCUT2D eigenvalue weighted by Gasteiger charge is 2.16. The van der Waals surface area contributed by atoms with Crippen LogP contribution in [-0.4, -0.2) is 35.1 Å². The van der Waals surface area contributed by atoms with Gasteiger partial charge in [-0.3, -0.25) is 4.79 Å². The lowest BCUT2D eigenvalue weighted by molar-refractivity contribution is -0.137. The van der Waals surface area contributed by atoms with Gasteiger partial charge in [0.15, 0.2) is 0 Å². The zero-order valence-corrected chi connectivity index (χ0v) is 12.2. The number of aliphatic carboxylic acids is 1. The van der Waals surface area contributed by atoms with Crippen molar-refractivity contribution in [2.75, 3.05) is 18.4 Å². The Kier molecular flexibility index (Phi) is 6.03. The molecule has 1 rings (SSSR count). The van der Waals surface area contributed by atoms with Crippen LogP contribution < -0.4 is 5.32 Å². The van der Waals surface area contributed by atoms with Gasteiger partial charge in [-0.2, -0.15) is 0 Å². The van der Waals surface area contributed by atoms with Crippen LogP contribution in [0.4, 0.5) is 10.5 Å². The maximum absolute atomic E-state index is 12.1. The van der Waals surface area contributed by atoms with Crippen molar-refractivity contribution in [3.63, 3.8) is 0 Å². The Balaban J connectivity index is 2.76. The van der Waals surface area contributed by atoms with E-state index in [1.807, 2.05) is 25.1 Å². The SMILES string of the molecule is CCCN(CC(=O)O)C(=O)Nc1cccc(C(C)C)c1. The number of benzene rings is 1. The Morgan fingerprint density at radius 1 is 1.35 bits per heavy atom. The molecule has 0 bridgehead atoms. The molecule has 0 unspecified atom stereocenters. The summed E-state index contributed by atoms with van der Waals surface area (Å²) in [6.45, 7) is 6.19. The Morgan fingerprint density at radius 3 is 2.60 bits per heavy atom. The third-order valence-electron chi connectivity index (χ3n) is 2.91. The first-order chi connectivity index (χ1) is 9.43. The number of carbonyl (C=O) groups excluding carboxylic acids is 1. The number of carbonyl (C=O) groups is 2. The molecule has 110 valence electrons. The zero-order valence-electron chi connectivity index (χ0n) is 12.2. The Bertz CT molecular complexity index is 472. The van der Waals surface area contributed by atoms with E-state index in [-0.39, 0.29) is 12.6 Å². The van der Waals surface area contributed by atoms with Gasteiger partial charge in [0, 0.05) is 12.2 Å². The predicted octanol–water partition coefficient (Wildman–Crippen LogP) is 3.14. The van der Waals surface area contributed by atoms with Crippen LogP contribution in [-0.2, 0) is 4.79 Å². The fourth-order valence-corrected chi connectivity index (χ4v) is 1.86. The number of hydrogen-bond donors (Lipinski definition) is 2. The van der Waals surface area contributed by atoms with Crippen molar-refractivity contribution in [3.8, 4) is 0 Å². The van der Waals surface area contributed by atoms with E-state index in [2.05, 4.69) is 19.2 Å². The molecule has 5 heteroatoms. The van der Waals surface area contributed by atoms with Crippen molar-refractivity contribution >= 4 is 17.7 Å². The Morgan fingerprint density at radius 2 is 2.05 bits per heavy atom. The molecule has 20 heavy (non-hydrogen) atoms. The quantitative estimate of drug-likeness (QED) is 0.839. The first-order valence-electron chi connectivity index (χ1n) is 6.81. The zero-order chi connectivity index (χ0) is 15.1. The molecule has 2 N–H and O–H groups in total. The van der Waals surface area contributed by atoms with Crippen molar-refractivity contribution in [1.29, 1.82) is 0 Å². The maximum atomic E-state index is 12.1. The number of nitrogens with one attached hydrogen (secondary N) is 1. The van der Waals surface area contributed by atoms with Crippen molar-refractivity contribution in [2.45, 2.75) is 33.1 Å². The van der Waals surface area contributed by atoms with Gasteiger partial charge in [0.2, 0.25) is 0 Å². The topological polar surface area (TPSA) is 69.6 Å². The van der Waals surface area contributed by atoms with Gasteiger partial charge in [-0.25, -0.2) is 4.79 Å². The van der Waals surface area contributed by atoms with Gasteiger partial charge < -0.3 is 15.3 Å². The van der Waals surface area contributed by atoms with Crippen LogP contribution >= 0.6 is 0 Å². The summed E-state index contributed by atoms with van der Waals surface area (Å²) in [5, 5.41) is 11.6. The van der Waals surface area contributed by atoms with Crippen molar-refractivity contribution < 1.29 is 14.7 Å². The van der Waals surface area contributed by atoms with E-state index in [0.29, 0.717) is 24.6 Å². The largest absolute Gasteiger partial charge is 0.480 e. The summed E-state index contributed by atoms with van der Waals surface area (Å²) in [6.07, 6.45) is 0.715. The molecule has 0 aliphatic heterocycles. The highest BCUT2D eigenvalue weighted by Crippen LogP contribution is 2.18. The number of nitrogens with zero attached hydrogens (tertiary/aromatic N) is 1. The van der Waals surface area contributed by atoms with Gasteiger partial charge in [-0.15, -0.1) is 0 Å². The minimum atomic E-state index is -1.01. The first kappa shape index (κ1) is 16.0. The molecular formula is C15H22N2O3. The van der Waals surface area contributed by atoms with E-state index in [1.54, 1.807) is 6.07 Å². The summed E-state index contributed by atoms with van der Waals surface area (Å²) in [7, 11) is 0. The van der Waals surface area contributed by atoms with Gasteiger partial charge in [-0.05, 0) is 30.0 Å². The fraction of sp³-hybridized carbons (Fsp3) is 0.467. The predicted molar refractivity (Wildman–Crippen MR) is 79.0 cm³/mol. The Labute approximate surface area is 119 Å². The molecule has 0 aliphatic carbocycles. The third kappa shape index (κ3) is 4.91. The molecule has 0 fully saturated rings. The summed E-state index contributed by atoms with van der Waals surface area (Å²) >= 11 is 0. The summed E-state index contributed by atoms with van der Waals surface area (Å²) in [5.41, 5.74) is 1.82. The lowest BCUT2D eigenvalue weighted by Gasteiger charge is -2.20. The highest BCUT2D eigenvalue weighted by molar-refractivity contribution is 5.91. The minimum absolute atomic E-state index is 0.288. The molecule has 5 nitrogen and oxygen atoms in total. The molecule has 1 aromatic rings. The third-order valence-corrected chi connectivity index (χ3v) is 2.91. The Hall–Kier alpha value is -2.04. The average molecular weight is 278 g/mol. The van der Waals surface area contributed by atoms with Gasteiger partial charge >= 0.3 is 12.0 Å². The van der Waals surface area contributed by atoms with Crippen molar-refractivity contribution in [2.24, 2.45) is 0 Å².